The number of aliphatic hydroxyl groups excluding tert-OH is 11. The van der Waals surface area contributed by atoms with Gasteiger partial charge in [0.2, 0.25) is 5.91 Å². The van der Waals surface area contributed by atoms with Gasteiger partial charge in [-0.15, -0.1) is 0 Å². The molecule has 608 valence electrons. The van der Waals surface area contributed by atoms with Crippen LogP contribution in [0, 0.1) is 0 Å². The summed E-state index contributed by atoms with van der Waals surface area (Å²) in [6.07, 6.45) is 67.2. The number of nitrogens with one attached hydrogen (secondary N) is 1. The van der Waals surface area contributed by atoms with Gasteiger partial charge in [0.1, 0.15) is 73.2 Å². The van der Waals surface area contributed by atoms with E-state index in [4.69, 9.17) is 28.4 Å². The second kappa shape index (κ2) is 65.6. The van der Waals surface area contributed by atoms with Crippen LogP contribution in [0.25, 0.3) is 0 Å². The van der Waals surface area contributed by atoms with E-state index in [1.54, 1.807) is 6.08 Å². The SMILES string of the molecule is CC/C=C\C/C=C\C/C=C\C/C=C\C/C=C\C/C=C\C/C=C\C/C=C\CCCCCCCCCCCCCCCCC(=O)NC(COC1OC(CO)C(OC2OC(CO)C(OC3OC(CO)C(O)C(O)C3O)C(O)C2O)C(O)C1O)C(O)/C=C/CC/C=C/CC/C=C/CCCCCCCCCCCCCC. The molecule has 3 saturated heterocycles. The molecule has 0 aromatic rings. The molecule has 19 nitrogen and oxygen atoms in total. The van der Waals surface area contributed by atoms with E-state index in [0.717, 1.165) is 109 Å². The number of carbonyl (C=O) groups is 1. The fourth-order valence-corrected chi connectivity index (χ4v) is 13.1. The molecule has 0 radical (unpaired) electrons. The predicted octanol–water partition coefficient (Wildman–Crippen LogP) is 14.4. The lowest BCUT2D eigenvalue weighted by Gasteiger charge is -2.48. The minimum absolute atomic E-state index is 0.224. The zero-order valence-electron chi connectivity index (χ0n) is 65.1. The molecule has 3 heterocycles. The molecule has 17 atom stereocenters. The highest BCUT2D eigenvalue weighted by molar-refractivity contribution is 5.76. The molecule has 0 aromatic heterocycles. The molecule has 3 aliphatic rings. The number of unbranched alkanes of at least 4 members (excludes halogenated alkanes) is 28. The number of carbonyl (C=O) groups excluding carboxylic acids is 1. The van der Waals surface area contributed by atoms with Gasteiger partial charge in [0.05, 0.1) is 38.6 Å². The zero-order valence-corrected chi connectivity index (χ0v) is 65.1. The van der Waals surface area contributed by atoms with Crippen molar-refractivity contribution in [3.63, 3.8) is 0 Å². The van der Waals surface area contributed by atoms with Gasteiger partial charge < -0.3 is 89.9 Å². The smallest absolute Gasteiger partial charge is 0.220 e. The molecule has 0 spiro atoms. The van der Waals surface area contributed by atoms with E-state index in [0.29, 0.717) is 12.8 Å². The van der Waals surface area contributed by atoms with Crippen molar-refractivity contribution in [2.24, 2.45) is 0 Å². The highest BCUT2D eigenvalue weighted by Crippen LogP contribution is 2.33. The van der Waals surface area contributed by atoms with Crippen LogP contribution < -0.4 is 5.32 Å². The summed E-state index contributed by atoms with van der Waals surface area (Å²) >= 11 is 0. The molecule has 17 unspecified atom stereocenters. The van der Waals surface area contributed by atoms with E-state index in [-0.39, 0.29) is 18.9 Å². The molecular formula is C87H147NO18. The molecule has 0 aromatic carbocycles. The van der Waals surface area contributed by atoms with E-state index in [1.807, 2.05) is 6.08 Å². The highest BCUT2D eigenvalue weighted by atomic mass is 16.8. The van der Waals surface area contributed by atoms with Gasteiger partial charge in [-0.3, -0.25) is 4.79 Å². The first kappa shape index (κ1) is 96.1. The van der Waals surface area contributed by atoms with Gasteiger partial charge >= 0.3 is 0 Å². The Hall–Kier alpha value is -4.07. The molecule has 3 rings (SSSR count). The van der Waals surface area contributed by atoms with Crippen LogP contribution in [0.4, 0.5) is 0 Å². The Labute approximate surface area is 639 Å². The summed E-state index contributed by atoms with van der Waals surface area (Å²) in [6.45, 7) is 1.60. The number of ether oxygens (including phenoxy) is 6. The van der Waals surface area contributed by atoms with Gasteiger partial charge in [-0.2, -0.15) is 0 Å². The summed E-state index contributed by atoms with van der Waals surface area (Å²) < 4.78 is 34.4. The van der Waals surface area contributed by atoms with Crippen LogP contribution in [0.15, 0.2) is 134 Å². The first-order valence-corrected chi connectivity index (χ1v) is 41.4. The number of hydrogen-bond donors (Lipinski definition) is 12. The molecular weight excluding hydrogens is 1350 g/mol. The normalized spacial score (nSPS) is 26.4. The largest absolute Gasteiger partial charge is 0.394 e. The number of rotatable bonds is 64. The second-order valence-electron chi connectivity index (χ2n) is 28.8. The molecule has 0 saturated carbocycles. The van der Waals surface area contributed by atoms with Gasteiger partial charge in [-0.1, -0.05) is 295 Å². The number of aliphatic hydroxyl groups is 11. The van der Waals surface area contributed by atoms with Crippen LogP contribution in [0.3, 0.4) is 0 Å². The monoisotopic (exact) mass is 1490 g/mol. The molecule has 1 amide bonds. The van der Waals surface area contributed by atoms with Crippen LogP contribution in [-0.2, 0) is 33.2 Å². The number of hydrogen-bond acceptors (Lipinski definition) is 18. The van der Waals surface area contributed by atoms with Crippen molar-refractivity contribution in [1.29, 1.82) is 0 Å². The molecule has 3 aliphatic heterocycles. The molecule has 0 aliphatic carbocycles. The van der Waals surface area contributed by atoms with Crippen LogP contribution >= 0.6 is 0 Å². The molecule has 12 N–H and O–H groups in total. The van der Waals surface area contributed by atoms with E-state index in [9.17, 15) is 61.0 Å². The molecule has 0 bridgehead atoms. The molecule has 3 fully saturated rings. The molecule has 106 heavy (non-hydrogen) atoms. The van der Waals surface area contributed by atoms with E-state index in [1.165, 1.54) is 135 Å². The van der Waals surface area contributed by atoms with Crippen molar-refractivity contribution in [2.75, 3.05) is 26.4 Å². The predicted molar refractivity (Wildman–Crippen MR) is 424 cm³/mol. The summed E-state index contributed by atoms with van der Waals surface area (Å²) in [4.78, 5) is 13.5. The van der Waals surface area contributed by atoms with Crippen molar-refractivity contribution in [1.82, 2.24) is 5.32 Å². The van der Waals surface area contributed by atoms with Gasteiger partial charge in [0, 0.05) is 6.42 Å². The summed E-state index contributed by atoms with van der Waals surface area (Å²) in [6, 6.07) is -1.01. The fraction of sp³-hybridized carbons (Fsp3) is 0.736. The lowest BCUT2D eigenvalue weighted by atomic mass is 9.96. The molecule has 19 heteroatoms. The maximum absolute atomic E-state index is 13.5. The third-order valence-electron chi connectivity index (χ3n) is 19.7. The van der Waals surface area contributed by atoms with Crippen molar-refractivity contribution >= 4 is 5.91 Å². The van der Waals surface area contributed by atoms with E-state index < -0.39 is 124 Å². The second-order valence-corrected chi connectivity index (χ2v) is 28.8. The van der Waals surface area contributed by atoms with Crippen molar-refractivity contribution in [3.05, 3.63) is 134 Å². The lowest BCUT2D eigenvalue weighted by molar-refractivity contribution is -0.379. The Balaban J connectivity index is 1.35. The van der Waals surface area contributed by atoms with Crippen LogP contribution in [0.1, 0.15) is 277 Å². The Morgan fingerprint density at radius 1 is 0.349 bits per heavy atom. The Kier molecular flexibility index (Phi) is 59.5. The fourth-order valence-electron chi connectivity index (χ4n) is 13.1. The van der Waals surface area contributed by atoms with Crippen LogP contribution in [-0.4, -0.2) is 193 Å². The minimum Gasteiger partial charge on any atom is -0.394 e. The first-order valence-electron chi connectivity index (χ1n) is 41.4. The topological polar surface area (TPSA) is 307 Å². The van der Waals surface area contributed by atoms with Gasteiger partial charge in [-0.05, 0) is 109 Å². The first-order chi connectivity index (χ1) is 51.8. The Morgan fingerprint density at radius 3 is 1.06 bits per heavy atom. The summed E-state index contributed by atoms with van der Waals surface area (Å²) in [5.41, 5.74) is 0. The number of amides is 1. The lowest BCUT2D eigenvalue weighted by Crippen LogP contribution is -2.66. The summed E-state index contributed by atoms with van der Waals surface area (Å²) in [7, 11) is 0. The third-order valence-corrected chi connectivity index (χ3v) is 19.7. The number of allylic oxidation sites excluding steroid dienone is 21. The average molecular weight is 1500 g/mol. The van der Waals surface area contributed by atoms with Gasteiger partial charge in [0.15, 0.2) is 18.9 Å². The van der Waals surface area contributed by atoms with Crippen LogP contribution in [0.5, 0.6) is 0 Å². The van der Waals surface area contributed by atoms with Crippen molar-refractivity contribution in [3.8, 4) is 0 Å². The summed E-state index contributed by atoms with van der Waals surface area (Å²) in [5.74, 6) is -0.293. The maximum Gasteiger partial charge on any atom is 0.220 e. The van der Waals surface area contributed by atoms with Gasteiger partial charge in [0.25, 0.3) is 0 Å². The average Bonchev–Trinajstić information content (AvgIpc) is 0.780. The third kappa shape index (κ3) is 44.7. The highest BCUT2D eigenvalue weighted by Gasteiger charge is 2.54. The standard InChI is InChI=1S/C87H147NO18/c1-3-5-7-9-11-13-15-17-19-21-23-25-27-28-29-30-31-32-33-34-35-36-37-38-39-40-41-42-43-45-47-49-51-53-55-57-59-61-63-65-75(93)88-70(71(92)64-62-60-58-56-54-52-50-48-46-44-26-24-22-20-18-16-14-12-10-8-6-4-2)69-101-85-81(99)78(96)83(73(67-90)103-85)106-87-82(100)79(97)84(74(68-91)104-87)105-86-80(98)77(95)76(94)72(66-89)102-86/h5,7,11,13,17,19,23,25,28-29,31-32,34-35,37-38,46,48,54,56,62,64,70-74,76-87,89-92,94-100H,3-4,6,8-10,12,14-16,18,20-22,24,26-27,30,33,36,39-45,47,49-53,55,57-61,63,65-69H2,1-2H3,(H,88,93)/b7-5-,13-11-,19-17-,25-23-,29-28-,32-31-,35-34-,38-37-,48-46+,56-54+,64-62+. The summed E-state index contributed by atoms with van der Waals surface area (Å²) in [5, 5.41) is 121. The minimum atomic E-state index is -1.99. The van der Waals surface area contributed by atoms with E-state index >= 15 is 0 Å². The maximum atomic E-state index is 13.5. The van der Waals surface area contributed by atoms with Gasteiger partial charge in [-0.25, -0.2) is 0 Å². The Bertz CT molecular complexity index is 2440. The van der Waals surface area contributed by atoms with Crippen molar-refractivity contribution in [2.45, 2.75) is 381 Å². The zero-order chi connectivity index (χ0) is 76.7. The van der Waals surface area contributed by atoms with E-state index in [2.05, 4.69) is 141 Å². The Morgan fingerprint density at radius 2 is 0.660 bits per heavy atom. The quantitative estimate of drug-likeness (QED) is 0.0199. The van der Waals surface area contributed by atoms with Crippen LogP contribution in [0.2, 0.25) is 0 Å². The van der Waals surface area contributed by atoms with Crippen molar-refractivity contribution < 1.29 is 89.4 Å².